The fraction of sp³-hybridized carbons (Fsp3) is 0.238. The van der Waals surface area contributed by atoms with Crippen LogP contribution >= 0.6 is 12.2 Å². The zero-order valence-electron chi connectivity index (χ0n) is 15.8. The Kier molecular flexibility index (Phi) is 5.28. The van der Waals surface area contributed by atoms with E-state index in [0.29, 0.717) is 16.2 Å². The van der Waals surface area contributed by atoms with E-state index in [9.17, 15) is 9.18 Å². The molecule has 0 aromatic heterocycles. The first-order valence-corrected chi connectivity index (χ1v) is 9.05. The van der Waals surface area contributed by atoms with Crippen LogP contribution in [0.3, 0.4) is 0 Å². The van der Waals surface area contributed by atoms with Crippen LogP contribution in [0.15, 0.2) is 59.8 Å². The Bertz CT molecular complexity index is 921. The Balaban J connectivity index is 2.16. The number of nitrogens with one attached hydrogen (secondary N) is 1. The van der Waals surface area contributed by atoms with Crippen LogP contribution in [-0.4, -0.2) is 30.0 Å². The van der Waals surface area contributed by atoms with Gasteiger partial charge < -0.3 is 10.2 Å². The normalized spacial score (nSPS) is 17.0. The molecule has 0 unspecified atom stereocenters. The average Bonchev–Trinajstić information content (AvgIpc) is 2.62. The second kappa shape index (κ2) is 7.48. The SMILES string of the molecule is CC1=C(C(=O)N(C)C)[C@H](c2cccc(F)c2)NC(=S)N1c1ccc(C)cc1. The summed E-state index contributed by atoms with van der Waals surface area (Å²) in [4.78, 5) is 16.3. The Hall–Kier alpha value is -2.73. The highest BCUT2D eigenvalue weighted by Crippen LogP contribution is 2.34. The van der Waals surface area contributed by atoms with E-state index in [0.717, 1.165) is 16.9 Å². The van der Waals surface area contributed by atoms with Gasteiger partial charge in [0.25, 0.3) is 5.91 Å². The van der Waals surface area contributed by atoms with Crippen LogP contribution in [0.5, 0.6) is 0 Å². The first-order valence-electron chi connectivity index (χ1n) is 8.64. The molecule has 2 aromatic carbocycles. The summed E-state index contributed by atoms with van der Waals surface area (Å²) in [6.45, 7) is 3.89. The molecule has 1 atom stereocenters. The van der Waals surface area contributed by atoms with E-state index >= 15 is 0 Å². The number of benzene rings is 2. The number of anilines is 1. The number of likely N-dealkylation sites (N-methyl/N-ethyl adjacent to an activating group) is 1. The maximum absolute atomic E-state index is 13.8. The molecule has 1 aliphatic heterocycles. The van der Waals surface area contributed by atoms with Gasteiger partial charge in [-0.1, -0.05) is 29.8 Å². The first kappa shape index (κ1) is 19.0. The number of hydrogen-bond acceptors (Lipinski definition) is 2. The molecular formula is C21H22FN3OS. The van der Waals surface area contributed by atoms with E-state index < -0.39 is 6.04 Å². The van der Waals surface area contributed by atoms with E-state index in [1.807, 2.05) is 43.0 Å². The van der Waals surface area contributed by atoms with Crippen LogP contribution in [0.2, 0.25) is 0 Å². The molecule has 4 nitrogen and oxygen atoms in total. The zero-order chi connectivity index (χ0) is 19.7. The molecule has 3 rings (SSSR count). The third kappa shape index (κ3) is 3.71. The Morgan fingerprint density at radius 3 is 2.41 bits per heavy atom. The highest BCUT2D eigenvalue weighted by molar-refractivity contribution is 7.80. The number of nitrogens with zero attached hydrogens (tertiary/aromatic N) is 2. The third-order valence-electron chi connectivity index (χ3n) is 4.60. The molecule has 0 spiro atoms. The second-order valence-corrected chi connectivity index (χ2v) is 7.19. The standard InChI is InChI=1S/C21H22FN3OS/c1-13-8-10-17(11-9-13)25-14(2)18(20(26)24(3)4)19(23-21(25)27)15-6-5-7-16(22)12-15/h5-12,19H,1-4H3,(H,23,27)/t19-/m0/s1. The lowest BCUT2D eigenvalue weighted by molar-refractivity contribution is -0.125. The molecule has 1 N–H and O–H groups in total. The number of carbonyl (C=O) groups excluding carboxylic acids is 1. The maximum Gasteiger partial charge on any atom is 0.253 e. The Morgan fingerprint density at radius 2 is 1.81 bits per heavy atom. The van der Waals surface area contributed by atoms with Crippen molar-refractivity contribution in [2.24, 2.45) is 0 Å². The highest BCUT2D eigenvalue weighted by Gasteiger charge is 2.35. The lowest BCUT2D eigenvalue weighted by Crippen LogP contribution is -2.49. The summed E-state index contributed by atoms with van der Waals surface area (Å²) < 4.78 is 13.8. The minimum Gasteiger partial charge on any atom is -0.351 e. The second-order valence-electron chi connectivity index (χ2n) is 6.81. The number of amides is 1. The molecule has 140 valence electrons. The predicted molar refractivity (Wildman–Crippen MR) is 110 cm³/mol. The van der Waals surface area contributed by atoms with Crippen molar-refractivity contribution in [3.63, 3.8) is 0 Å². The van der Waals surface area contributed by atoms with Gasteiger partial charge in [0.15, 0.2) is 5.11 Å². The van der Waals surface area contributed by atoms with Gasteiger partial charge in [-0.25, -0.2) is 4.39 Å². The monoisotopic (exact) mass is 383 g/mol. The van der Waals surface area contributed by atoms with Gasteiger partial charge in [-0.2, -0.15) is 0 Å². The van der Waals surface area contributed by atoms with Crippen LogP contribution in [-0.2, 0) is 4.79 Å². The van der Waals surface area contributed by atoms with Crippen molar-refractivity contribution in [1.29, 1.82) is 0 Å². The molecule has 0 bridgehead atoms. The van der Waals surface area contributed by atoms with Crippen LogP contribution < -0.4 is 10.2 Å². The zero-order valence-corrected chi connectivity index (χ0v) is 16.6. The van der Waals surface area contributed by atoms with E-state index in [2.05, 4.69) is 5.32 Å². The summed E-state index contributed by atoms with van der Waals surface area (Å²) in [6, 6.07) is 13.7. The van der Waals surface area contributed by atoms with Crippen molar-refractivity contribution in [1.82, 2.24) is 10.2 Å². The van der Waals surface area contributed by atoms with Crippen molar-refractivity contribution in [3.8, 4) is 0 Å². The van der Waals surface area contributed by atoms with Crippen molar-refractivity contribution < 1.29 is 9.18 Å². The van der Waals surface area contributed by atoms with Crippen LogP contribution in [0.1, 0.15) is 24.1 Å². The summed E-state index contributed by atoms with van der Waals surface area (Å²) in [7, 11) is 3.41. The largest absolute Gasteiger partial charge is 0.351 e. The summed E-state index contributed by atoms with van der Waals surface area (Å²) >= 11 is 5.60. The highest BCUT2D eigenvalue weighted by atomic mass is 32.1. The van der Waals surface area contributed by atoms with Gasteiger partial charge in [-0.15, -0.1) is 0 Å². The van der Waals surface area contributed by atoms with Crippen molar-refractivity contribution >= 4 is 28.9 Å². The molecule has 0 saturated carbocycles. The minimum atomic E-state index is -0.509. The lowest BCUT2D eigenvalue weighted by Gasteiger charge is -2.38. The number of allylic oxidation sites excluding steroid dienone is 1. The van der Waals surface area contributed by atoms with Gasteiger partial charge >= 0.3 is 0 Å². The van der Waals surface area contributed by atoms with Gasteiger partial charge in [-0.3, -0.25) is 9.69 Å². The number of carbonyl (C=O) groups is 1. The lowest BCUT2D eigenvalue weighted by atomic mass is 9.93. The molecular weight excluding hydrogens is 361 g/mol. The molecule has 0 aliphatic carbocycles. The smallest absolute Gasteiger partial charge is 0.253 e. The van der Waals surface area contributed by atoms with E-state index in [1.165, 1.54) is 17.0 Å². The Morgan fingerprint density at radius 1 is 1.15 bits per heavy atom. The fourth-order valence-electron chi connectivity index (χ4n) is 3.20. The fourth-order valence-corrected chi connectivity index (χ4v) is 3.56. The number of halogens is 1. The van der Waals surface area contributed by atoms with Gasteiger partial charge in [0.2, 0.25) is 0 Å². The van der Waals surface area contributed by atoms with Gasteiger partial charge in [0, 0.05) is 25.5 Å². The molecule has 27 heavy (non-hydrogen) atoms. The molecule has 1 heterocycles. The molecule has 1 aliphatic rings. The quantitative estimate of drug-likeness (QED) is 0.815. The predicted octanol–water partition coefficient (Wildman–Crippen LogP) is 3.93. The molecule has 0 radical (unpaired) electrons. The maximum atomic E-state index is 13.8. The number of thiocarbonyl (C=S) groups is 1. The van der Waals surface area contributed by atoms with Crippen molar-refractivity contribution in [3.05, 3.63) is 76.7 Å². The van der Waals surface area contributed by atoms with Crippen LogP contribution in [0.25, 0.3) is 0 Å². The molecule has 6 heteroatoms. The van der Waals surface area contributed by atoms with Crippen molar-refractivity contribution in [2.45, 2.75) is 19.9 Å². The topological polar surface area (TPSA) is 35.6 Å². The van der Waals surface area contributed by atoms with E-state index in [1.54, 1.807) is 26.2 Å². The van der Waals surface area contributed by atoms with Crippen molar-refractivity contribution in [2.75, 3.05) is 19.0 Å². The number of rotatable bonds is 3. The molecule has 0 fully saturated rings. The Labute approximate surface area is 164 Å². The van der Waals surface area contributed by atoms with E-state index in [4.69, 9.17) is 12.2 Å². The van der Waals surface area contributed by atoms with Crippen LogP contribution in [0, 0.1) is 12.7 Å². The molecule has 1 amide bonds. The third-order valence-corrected chi connectivity index (χ3v) is 4.90. The average molecular weight is 383 g/mol. The van der Waals surface area contributed by atoms with Gasteiger partial charge in [-0.05, 0) is 55.9 Å². The number of aryl methyl sites for hydroxylation is 1. The summed E-state index contributed by atoms with van der Waals surface area (Å²) in [5.41, 5.74) is 3.94. The summed E-state index contributed by atoms with van der Waals surface area (Å²) in [5.74, 6) is -0.496. The first-order chi connectivity index (χ1) is 12.8. The molecule has 0 saturated heterocycles. The minimum absolute atomic E-state index is 0.145. The summed E-state index contributed by atoms with van der Waals surface area (Å²) in [5, 5.41) is 3.70. The molecule has 2 aromatic rings. The summed E-state index contributed by atoms with van der Waals surface area (Å²) in [6.07, 6.45) is 0. The van der Waals surface area contributed by atoms with E-state index in [-0.39, 0.29) is 11.7 Å². The van der Waals surface area contributed by atoms with Gasteiger partial charge in [0.1, 0.15) is 5.82 Å². The number of hydrogen-bond donors (Lipinski definition) is 1. The van der Waals surface area contributed by atoms with Crippen LogP contribution in [0.4, 0.5) is 10.1 Å². The van der Waals surface area contributed by atoms with Gasteiger partial charge in [0.05, 0.1) is 11.6 Å².